The summed E-state index contributed by atoms with van der Waals surface area (Å²) in [5.41, 5.74) is 2.57. The maximum atomic E-state index is 5.96. The van der Waals surface area contributed by atoms with Crippen molar-refractivity contribution in [2.75, 3.05) is 19.8 Å². The summed E-state index contributed by atoms with van der Waals surface area (Å²) in [6, 6.07) is 2.62. The van der Waals surface area contributed by atoms with Gasteiger partial charge in [-0.15, -0.1) is 0 Å². The van der Waals surface area contributed by atoms with E-state index in [1.54, 1.807) is 0 Å². The Morgan fingerprint density at radius 2 is 2.42 bits per heavy atom. The van der Waals surface area contributed by atoms with Gasteiger partial charge in [0, 0.05) is 44.6 Å². The van der Waals surface area contributed by atoms with Crippen LogP contribution in [0.4, 0.5) is 0 Å². The zero-order valence-electron chi connectivity index (χ0n) is 11.5. The summed E-state index contributed by atoms with van der Waals surface area (Å²) in [7, 11) is 0. The molecule has 0 saturated carbocycles. The molecule has 2 fully saturated rings. The molecule has 1 aromatic rings. The molecule has 2 saturated heterocycles. The number of aromatic nitrogens is 1. The van der Waals surface area contributed by atoms with Gasteiger partial charge in [-0.25, -0.2) is 0 Å². The number of nitrogens with zero attached hydrogens (tertiary/aromatic N) is 1. The van der Waals surface area contributed by atoms with Gasteiger partial charge in [0.15, 0.2) is 0 Å². The van der Waals surface area contributed by atoms with Crippen molar-refractivity contribution >= 4 is 0 Å². The van der Waals surface area contributed by atoms with Crippen LogP contribution >= 0.6 is 0 Å². The van der Waals surface area contributed by atoms with Gasteiger partial charge in [-0.3, -0.25) is 4.98 Å². The van der Waals surface area contributed by atoms with Gasteiger partial charge >= 0.3 is 0 Å². The third-order valence-corrected chi connectivity index (χ3v) is 4.28. The van der Waals surface area contributed by atoms with Crippen molar-refractivity contribution in [1.82, 2.24) is 10.3 Å². The van der Waals surface area contributed by atoms with E-state index in [4.69, 9.17) is 9.47 Å². The van der Waals surface area contributed by atoms with Crippen LogP contribution in [0.25, 0.3) is 0 Å². The van der Waals surface area contributed by atoms with E-state index in [0.29, 0.717) is 6.04 Å². The topological polar surface area (TPSA) is 43.4 Å². The Morgan fingerprint density at radius 3 is 3.21 bits per heavy atom. The lowest BCUT2D eigenvalue weighted by molar-refractivity contribution is -0.0894. The van der Waals surface area contributed by atoms with Crippen LogP contribution in [0.15, 0.2) is 18.5 Å². The standard InChI is InChI=1S/C15H22N2O2/c1-12-9-16-5-2-13(12)10-17-14-3-6-19-15(8-14)4-7-18-11-15/h2,5,9,14,17H,3-4,6-8,10-11H2,1H3. The van der Waals surface area contributed by atoms with Crippen molar-refractivity contribution in [3.63, 3.8) is 0 Å². The highest BCUT2D eigenvalue weighted by Crippen LogP contribution is 2.32. The van der Waals surface area contributed by atoms with Crippen molar-refractivity contribution in [3.05, 3.63) is 29.6 Å². The van der Waals surface area contributed by atoms with Gasteiger partial charge in [0.05, 0.1) is 12.2 Å². The molecule has 0 radical (unpaired) electrons. The highest BCUT2D eigenvalue weighted by molar-refractivity contribution is 5.21. The minimum atomic E-state index is -0.0107. The van der Waals surface area contributed by atoms with E-state index < -0.39 is 0 Å². The normalized spacial score (nSPS) is 30.9. The summed E-state index contributed by atoms with van der Waals surface area (Å²) in [6.07, 6.45) is 6.98. The highest BCUT2D eigenvalue weighted by atomic mass is 16.6. The lowest BCUT2D eigenvalue weighted by Crippen LogP contribution is -2.47. The highest BCUT2D eigenvalue weighted by Gasteiger charge is 2.40. The number of aryl methyl sites for hydroxylation is 1. The zero-order valence-corrected chi connectivity index (χ0v) is 11.5. The lowest BCUT2D eigenvalue weighted by Gasteiger charge is -2.37. The summed E-state index contributed by atoms with van der Waals surface area (Å²) in [5.74, 6) is 0. The molecule has 3 rings (SSSR count). The summed E-state index contributed by atoms with van der Waals surface area (Å²) in [6.45, 7) is 5.47. The first-order chi connectivity index (χ1) is 9.27. The van der Waals surface area contributed by atoms with E-state index >= 15 is 0 Å². The van der Waals surface area contributed by atoms with E-state index in [2.05, 4.69) is 23.3 Å². The monoisotopic (exact) mass is 262 g/mol. The molecule has 3 heterocycles. The van der Waals surface area contributed by atoms with Gasteiger partial charge in [0.25, 0.3) is 0 Å². The largest absolute Gasteiger partial charge is 0.378 e. The number of hydrogen-bond acceptors (Lipinski definition) is 4. The van der Waals surface area contributed by atoms with Gasteiger partial charge in [-0.05, 0) is 37.0 Å². The van der Waals surface area contributed by atoms with Crippen molar-refractivity contribution < 1.29 is 9.47 Å². The van der Waals surface area contributed by atoms with E-state index in [9.17, 15) is 0 Å². The van der Waals surface area contributed by atoms with Crippen LogP contribution in [0.3, 0.4) is 0 Å². The Kier molecular flexibility index (Phi) is 3.82. The van der Waals surface area contributed by atoms with Gasteiger partial charge in [0.1, 0.15) is 0 Å². The number of nitrogens with one attached hydrogen (secondary N) is 1. The SMILES string of the molecule is Cc1cnccc1CNC1CCOC2(CCOC2)C1. The molecular weight excluding hydrogens is 240 g/mol. The van der Waals surface area contributed by atoms with Gasteiger partial charge in [-0.1, -0.05) is 0 Å². The summed E-state index contributed by atoms with van der Waals surface area (Å²) in [5, 5.41) is 3.67. The molecule has 104 valence electrons. The van der Waals surface area contributed by atoms with E-state index in [1.165, 1.54) is 11.1 Å². The first-order valence-corrected chi connectivity index (χ1v) is 7.12. The maximum Gasteiger partial charge on any atom is 0.0951 e. The molecule has 1 spiro atoms. The molecule has 0 aromatic carbocycles. The quantitative estimate of drug-likeness (QED) is 0.902. The first-order valence-electron chi connectivity index (χ1n) is 7.12. The predicted molar refractivity (Wildman–Crippen MR) is 73.0 cm³/mol. The molecule has 4 nitrogen and oxygen atoms in total. The fourth-order valence-corrected chi connectivity index (χ4v) is 3.02. The Bertz CT molecular complexity index is 430. The Morgan fingerprint density at radius 1 is 1.47 bits per heavy atom. The van der Waals surface area contributed by atoms with Crippen LogP contribution in [0.2, 0.25) is 0 Å². The van der Waals surface area contributed by atoms with Crippen molar-refractivity contribution in [3.8, 4) is 0 Å². The molecular formula is C15H22N2O2. The average Bonchev–Trinajstić information content (AvgIpc) is 2.86. The van der Waals surface area contributed by atoms with Crippen molar-refractivity contribution in [1.29, 1.82) is 0 Å². The number of ether oxygens (including phenoxy) is 2. The molecule has 0 aliphatic carbocycles. The second-order valence-electron chi connectivity index (χ2n) is 5.71. The van der Waals surface area contributed by atoms with Crippen LogP contribution < -0.4 is 5.32 Å². The van der Waals surface area contributed by atoms with Crippen LogP contribution in [-0.4, -0.2) is 36.4 Å². The minimum Gasteiger partial charge on any atom is -0.378 e. The zero-order chi connectivity index (χ0) is 13.1. The Hall–Kier alpha value is -0.970. The summed E-state index contributed by atoms with van der Waals surface area (Å²) >= 11 is 0. The fraction of sp³-hybridized carbons (Fsp3) is 0.667. The predicted octanol–water partition coefficient (Wildman–Crippen LogP) is 1.82. The van der Waals surface area contributed by atoms with E-state index in [0.717, 1.165) is 45.6 Å². The second-order valence-corrected chi connectivity index (χ2v) is 5.71. The fourth-order valence-electron chi connectivity index (χ4n) is 3.02. The molecule has 2 aliphatic heterocycles. The molecule has 0 bridgehead atoms. The van der Waals surface area contributed by atoms with Crippen LogP contribution in [0.1, 0.15) is 30.4 Å². The first kappa shape index (κ1) is 13.0. The van der Waals surface area contributed by atoms with E-state index in [-0.39, 0.29) is 5.60 Å². The molecule has 1 N–H and O–H groups in total. The van der Waals surface area contributed by atoms with Crippen molar-refractivity contribution in [2.24, 2.45) is 0 Å². The second kappa shape index (κ2) is 5.57. The average molecular weight is 262 g/mol. The van der Waals surface area contributed by atoms with Gasteiger partial charge < -0.3 is 14.8 Å². The molecule has 1 aromatic heterocycles. The summed E-state index contributed by atoms with van der Waals surface area (Å²) in [4.78, 5) is 4.13. The number of rotatable bonds is 3. The molecule has 2 atom stereocenters. The van der Waals surface area contributed by atoms with Crippen LogP contribution in [0, 0.1) is 6.92 Å². The van der Waals surface area contributed by atoms with Crippen LogP contribution in [0.5, 0.6) is 0 Å². The molecule has 2 aliphatic rings. The third kappa shape index (κ3) is 2.96. The van der Waals surface area contributed by atoms with Crippen molar-refractivity contribution in [2.45, 2.75) is 44.4 Å². The Labute approximate surface area is 114 Å². The molecule has 19 heavy (non-hydrogen) atoms. The van der Waals surface area contributed by atoms with E-state index in [1.807, 2.05) is 12.4 Å². The minimum absolute atomic E-state index is 0.0107. The third-order valence-electron chi connectivity index (χ3n) is 4.28. The van der Waals surface area contributed by atoms with Gasteiger partial charge in [-0.2, -0.15) is 0 Å². The number of hydrogen-bond donors (Lipinski definition) is 1. The smallest absolute Gasteiger partial charge is 0.0951 e. The maximum absolute atomic E-state index is 5.96. The lowest BCUT2D eigenvalue weighted by atomic mass is 9.89. The van der Waals surface area contributed by atoms with Crippen LogP contribution in [-0.2, 0) is 16.0 Å². The Balaban J connectivity index is 1.57. The molecule has 4 heteroatoms. The number of pyridine rings is 1. The summed E-state index contributed by atoms with van der Waals surface area (Å²) < 4.78 is 11.5. The molecule has 2 unspecified atom stereocenters. The van der Waals surface area contributed by atoms with Gasteiger partial charge in [0.2, 0.25) is 0 Å². The molecule has 0 amide bonds.